The van der Waals surface area contributed by atoms with Gasteiger partial charge in [0.05, 0.1) is 4.47 Å². The Morgan fingerprint density at radius 2 is 1.68 bits per heavy atom. The third-order valence-electron chi connectivity index (χ3n) is 2.66. The fraction of sp³-hybridized carbons (Fsp3) is 0.143. The highest BCUT2D eigenvalue weighted by Gasteiger charge is 2.07. The molecule has 0 aliphatic heterocycles. The predicted molar refractivity (Wildman–Crippen MR) is 72.7 cm³/mol. The summed E-state index contributed by atoms with van der Waals surface area (Å²) in [5.41, 5.74) is 7.03. The predicted octanol–water partition coefficient (Wildman–Crippen LogP) is 3.77. The Bertz CT molecular complexity index is 590. The molecule has 0 spiro atoms. The Labute approximate surface area is 118 Å². The molecule has 0 aliphatic carbocycles. The van der Waals surface area contributed by atoms with Crippen molar-refractivity contribution in [3.63, 3.8) is 0 Å². The lowest BCUT2D eigenvalue weighted by Crippen LogP contribution is -2.05. The van der Waals surface area contributed by atoms with Crippen LogP contribution in [0.5, 0.6) is 5.75 Å². The second kappa shape index (κ2) is 6.12. The van der Waals surface area contributed by atoms with E-state index in [1.807, 2.05) is 0 Å². The molecular weight excluding hydrogens is 316 g/mol. The van der Waals surface area contributed by atoms with Gasteiger partial charge in [-0.15, -0.1) is 0 Å². The fourth-order valence-corrected chi connectivity index (χ4v) is 2.03. The third-order valence-corrected chi connectivity index (χ3v) is 3.32. The molecule has 0 atom stereocenters. The maximum atomic E-state index is 13.2. The second-order valence-electron chi connectivity index (χ2n) is 3.98. The Balaban J connectivity index is 2.18. The van der Waals surface area contributed by atoms with Gasteiger partial charge >= 0.3 is 0 Å². The van der Waals surface area contributed by atoms with E-state index in [0.29, 0.717) is 22.3 Å². The first-order valence-corrected chi connectivity index (χ1v) is 6.44. The van der Waals surface area contributed by atoms with Crippen molar-refractivity contribution in [1.29, 1.82) is 0 Å². The first kappa shape index (κ1) is 14.0. The number of halogens is 3. The van der Waals surface area contributed by atoms with Crippen LogP contribution >= 0.6 is 15.9 Å². The molecule has 0 saturated carbocycles. The van der Waals surface area contributed by atoms with Crippen LogP contribution in [-0.2, 0) is 13.2 Å². The molecule has 2 rings (SSSR count). The molecular formula is C14H12BrF2NO. The molecule has 0 heterocycles. The van der Waals surface area contributed by atoms with Crippen LogP contribution in [0.4, 0.5) is 8.78 Å². The summed E-state index contributed by atoms with van der Waals surface area (Å²) in [5, 5.41) is 0. The van der Waals surface area contributed by atoms with Gasteiger partial charge in [0.2, 0.25) is 0 Å². The van der Waals surface area contributed by atoms with Crippen LogP contribution in [0.15, 0.2) is 40.9 Å². The van der Waals surface area contributed by atoms with Crippen LogP contribution in [0.3, 0.4) is 0 Å². The molecule has 0 radical (unpaired) electrons. The maximum Gasteiger partial charge on any atom is 0.136 e. The highest BCUT2D eigenvalue weighted by atomic mass is 79.9. The van der Waals surface area contributed by atoms with Crippen LogP contribution in [-0.4, -0.2) is 0 Å². The molecule has 2 aromatic carbocycles. The van der Waals surface area contributed by atoms with E-state index in [-0.39, 0.29) is 12.4 Å². The molecule has 2 nitrogen and oxygen atoms in total. The van der Waals surface area contributed by atoms with Crippen LogP contribution in [0.25, 0.3) is 0 Å². The zero-order valence-electron chi connectivity index (χ0n) is 10.00. The zero-order valence-corrected chi connectivity index (χ0v) is 11.6. The van der Waals surface area contributed by atoms with Crippen molar-refractivity contribution in [3.8, 4) is 5.75 Å². The van der Waals surface area contributed by atoms with E-state index in [4.69, 9.17) is 10.5 Å². The SMILES string of the molecule is NCc1ccc(F)cc1COc1cc(F)ccc1Br. The van der Waals surface area contributed by atoms with E-state index in [1.165, 1.54) is 24.3 Å². The maximum absolute atomic E-state index is 13.2. The molecule has 19 heavy (non-hydrogen) atoms. The van der Waals surface area contributed by atoms with Gasteiger partial charge in [-0.05, 0) is 51.3 Å². The first-order valence-electron chi connectivity index (χ1n) is 5.65. The van der Waals surface area contributed by atoms with Crippen LogP contribution < -0.4 is 10.5 Å². The molecule has 5 heteroatoms. The summed E-state index contributed by atoms with van der Waals surface area (Å²) in [5.74, 6) is -0.377. The number of benzene rings is 2. The lowest BCUT2D eigenvalue weighted by molar-refractivity contribution is 0.300. The van der Waals surface area contributed by atoms with Crippen LogP contribution in [0.2, 0.25) is 0 Å². The fourth-order valence-electron chi connectivity index (χ4n) is 1.67. The minimum atomic E-state index is -0.392. The summed E-state index contributed by atoms with van der Waals surface area (Å²) in [4.78, 5) is 0. The Kier molecular flexibility index (Phi) is 4.50. The van der Waals surface area contributed by atoms with E-state index < -0.39 is 5.82 Å². The number of ether oxygens (including phenoxy) is 1. The third kappa shape index (κ3) is 3.52. The van der Waals surface area contributed by atoms with Crippen molar-refractivity contribution in [3.05, 3.63) is 63.6 Å². The van der Waals surface area contributed by atoms with Gasteiger partial charge in [-0.3, -0.25) is 0 Å². The second-order valence-corrected chi connectivity index (χ2v) is 4.83. The van der Waals surface area contributed by atoms with E-state index in [1.54, 1.807) is 12.1 Å². The first-order chi connectivity index (χ1) is 9.10. The quantitative estimate of drug-likeness (QED) is 0.927. The summed E-state index contributed by atoms with van der Waals surface area (Å²) in [6.07, 6.45) is 0. The highest BCUT2D eigenvalue weighted by molar-refractivity contribution is 9.10. The van der Waals surface area contributed by atoms with Crippen molar-refractivity contribution in [2.24, 2.45) is 5.73 Å². The highest BCUT2D eigenvalue weighted by Crippen LogP contribution is 2.26. The smallest absolute Gasteiger partial charge is 0.136 e. The van der Waals surface area contributed by atoms with Crippen molar-refractivity contribution in [1.82, 2.24) is 0 Å². The van der Waals surface area contributed by atoms with Crippen molar-refractivity contribution in [2.45, 2.75) is 13.2 Å². The van der Waals surface area contributed by atoms with Crippen molar-refractivity contribution < 1.29 is 13.5 Å². The number of rotatable bonds is 4. The number of nitrogens with two attached hydrogens (primary N) is 1. The molecule has 0 fully saturated rings. The summed E-state index contributed by atoms with van der Waals surface area (Å²) in [6.45, 7) is 0.426. The van der Waals surface area contributed by atoms with E-state index >= 15 is 0 Å². The van der Waals surface area contributed by atoms with E-state index in [0.717, 1.165) is 5.56 Å². The molecule has 2 aromatic rings. The van der Waals surface area contributed by atoms with Gasteiger partial charge in [0.15, 0.2) is 0 Å². The van der Waals surface area contributed by atoms with Gasteiger partial charge in [-0.1, -0.05) is 6.07 Å². The average molecular weight is 328 g/mol. The van der Waals surface area contributed by atoms with Gasteiger partial charge in [-0.2, -0.15) is 0 Å². The van der Waals surface area contributed by atoms with E-state index in [2.05, 4.69) is 15.9 Å². The summed E-state index contributed by atoms with van der Waals surface area (Å²) in [6, 6.07) is 8.49. The van der Waals surface area contributed by atoms with Crippen molar-refractivity contribution >= 4 is 15.9 Å². The standard InChI is InChI=1S/C14H12BrF2NO/c15-13-4-3-12(17)6-14(13)19-8-10-5-11(16)2-1-9(10)7-18/h1-6H,7-8,18H2. The van der Waals surface area contributed by atoms with Crippen molar-refractivity contribution in [2.75, 3.05) is 0 Å². The summed E-state index contributed by atoms with van der Waals surface area (Å²) >= 11 is 3.26. The van der Waals surface area contributed by atoms with Gasteiger partial charge in [0, 0.05) is 12.6 Å². The zero-order chi connectivity index (χ0) is 13.8. The molecule has 0 bridgehead atoms. The lowest BCUT2D eigenvalue weighted by atomic mass is 10.1. The average Bonchev–Trinajstić information content (AvgIpc) is 2.40. The minimum Gasteiger partial charge on any atom is -0.488 e. The normalized spacial score (nSPS) is 10.5. The van der Waals surface area contributed by atoms with Crippen LogP contribution in [0.1, 0.15) is 11.1 Å². The van der Waals surface area contributed by atoms with Crippen LogP contribution in [0, 0.1) is 11.6 Å². The number of hydrogen-bond donors (Lipinski definition) is 1. The Morgan fingerprint density at radius 1 is 1.00 bits per heavy atom. The largest absolute Gasteiger partial charge is 0.488 e. The minimum absolute atomic E-state index is 0.131. The van der Waals surface area contributed by atoms with E-state index in [9.17, 15) is 8.78 Å². The molecule has 0 aromatic heterocycles. The molecule has 0 saturated heterocycles. The summed E-state index contributed by atoms with van der Waals surface area (Å²) in [7, 11) is 0. The molecule has 0 unspecified atom stereocenters. The summed E-state index contributed by atoms with van der Waals surface area (Å²) < 4.78 is 32.4. The topological polar surface area (TPSA) is 35.2 Å². The molecule has 100 valence electrons. The Morgan fingerprint density at radius 3 is 2.42 bits per heavy atom. The van der Waals surface area contributed by atoms with Gasteiger partial charge in [-0.25, -0.2) is 8.78 Å². The molecule has 2 N–H and O–H groups in total. The monoisotopic (exact) mass is 327 g/mol. The van der Waals surface area contributed by atoms with Gasteiger partial charge in [0.25, 0.3) is 0 Å². The molecule has 0 aliphatic rings. The van der Waals surface area contributed by atoms with Gasteiger partial charge in [0.1, 0.15) is 24.0 Å². The Hall–Kier alpha value is -1.46. The number of hydrogen-bond acceptors (Lipinski definition) is 2. The molecule has 0 amide bonds. The lowest BCUT2D eigenvalue weighted by Gasteiger charge is -2.11. The van der Waals surface area contributed by atoms with Gasteiger partial charge < -0.3 is 10.5 Å².